The number of benzene rings is 1. The van der Waals surface area contributed by atoms with E-state index in [0.29, 0.717) is 0 Å². The first-order valence-electron chi connectivity index (χ1n) is 6.12. The van der Waals surface area contributed by atoms with Crippen molar-refractivity contribution in [3.63, 3.8) is 0 Å². The summed E-state index contributed by atoms with van der Waals surface area (Å²) >= 11 is 5.43. The molecule has 0 fully saturated rings. The molecule has 1 aliphatic rings. The van der Waals surface area contributed by atoms with Gasteiger partial charge >= 0.3 is 0 Å². The average molecular weight is 336 g/mol. The maximum atomic E-state index is 11.9. The van der Waals surface area contributed by atoms with E-state index in [1.165, 1.54) is 11.1 Å². The van der Waals surface area contributed by atoms with Gasteiger partial charge in [-0.05, 0) is 53.4 Å². The highest BCUT2D eigenvalue weighted by molar-refractivity contribution is 9.09. The van der Waals surface area contributed by atoms with E-state index in [2.05, 4.69) is 50.2 Å². The summed E-state index contributed by atoms with van der Waals surface area (Å²) in [5, 5.41) is 7.15. The molecule has 1 atom stereocenters. The molecule has 1 N–H and O–H groups in total. The zero-order valence-electron chi connectivity index (χ0n) is 10.7. The van der Waals surface area contributed by atoms with Gasteiger partial charge in [0.05, 0.1) is 10.2 Å². The van der Waals surface area contributed by atoms with Crippen molar-refractivity contribution >= 4 is 38.9 Å². The van der Waals surface area contributed by atoms with Crippen LogP contribution in [0, 0.1) is 0 Å². The lowest BCUT2D eigenvalue weighted by Crippen LogP contribution is -2.26. The molecule has 2 aromatic rings. The molecule has 1 aromatic carbocycles. The van der Waals surface area contributed by atoms with Crippen molar-refractivity contribution in [2.24, 2.45) is 0 Å². The van der Waals surface area contributed by atoms with E-state index in [9.17, 15) is 4.79 Å². The predicted molar refractivity (Wildman–Crippen MR) is 83.2 cm³/mol. The third-order valence-electron chi connectivity index (χ3n) is 3.66. The molecule has 2 nitrogen and oxygen atoms in total. The van der Waals surface area contributed by atoms with Crippen LogP contribution in [0.2, 0.25) is 0 Å². The molecule has 0 saturated heterocycles. The Hall–Kier alpha value is -1.13. The lowest BCUT2D eigenvalue weighted by molar-refractivity contribution is -0.119. The molecule has 4 heteroatoms. The van der Waals surface area contributed by atoms with E-state index in [1.54, 1.807) is 11.3 Å². The maximum Gasteiger partial charge on any atom is 0.234 e. The first-order valence-corrected chi connectivity index (χ1v) is 7.98. The standard InChI is InChI=1S/C15H14BrNOS/c1-15(2)11-7-9(3-4-12(11)17-14(15)18)13(16)10-5-6-19-8-10/h3-8,13H,1-2H3,(H,17,18). The van der Waals surface area contributed by atoms with Gasteiger partial charge in [0.15, 0.2) is 0 Å². The van der Waals surface area contributed by atoms with Crippen LogP contribution in [0.15, 0.2) is 35.0 Å². The van der Waals surface area contributed by atoms with Crippen LogP contribution in [-0.4, -0.2) is 5.91 Å². The summed E-state index contributed by atoms with van der Waals surface area (Å²) in [6.45, 7) is 3.93. The van der Waals surface area contributed by atoms with Crippen molar-refractivity contribution in [2.75, 3.05) is 5.32 Å². The lowest BCUT2D eigenvalue weighted by Gasteiger charge is -2.17. The van der Waals surface area contributed by atoms with Gasteiger partial charge in [-0.25, -0.2) is 0 Å². The van der Waals surface area contributed by atoms with E-state index in [0.717, 1.165) is 11.3 Å². The van der Waals surface area contributed by atoms with Crippen molar-refractivity contribution in [2.45, 2.75) is 24.1 Å². The fraction of sp³-hybridized carbons (Fsp3) is 0.267. The molecule has 1 amide bonds. The number of carbonyl (C=O) groups excluding carboxylic acids is 1. The van der Waals surface area contributed by atoms with Crippen LogP contribution >= 0.6 is 27.3 Å². The van der Waals surface area contributed by atoms with Gasteiger partial charge in [-0.1, -0.05) is 28.1 Å². The van der Waals surface area contributed by atoms with Crippen molar-refractivity contribution < 1.29 is 4.79 Å². The summed E-state index contributed by atoms with van der Waals surface area (Å²) in [4.78, 5) is 12.1. The second-order valence-electron chi connectivity index (χ2n) is 5.30. The van der Waals surface area contributed by atoms with Crippen LogP contribution in [0.25, 0.3) is 0 Å². The Morgan fingerprint density at radius 1 is 1.26 bits per heavy atom. The van der Waals surface area contributed by atoms with Crippen LogP contribution in [0.4, 0.5) is 5.69 Å². The van der Waals surface area contributed by atoms with Crippen molar-refractivity contribution in [1.29, 1.82) is 0 Å². The molecule has 19 heavy (non-hydrogen) atoms. The molecule has 0 saturated carbocycles. The highest BCUT2D eigenvalue weighted by atomic mass is 79.9. The van der Waals surface area contributed by atoms with Gasteiger partial charge in [0.2, 0.25) is 5.91 Å². The Morgan fingerprint density at radius 2 is 2.05 bits per heavy atom. The molecular formula is C15H14BrNOS. The summed E-state index contributed by atoms with van der Waals surface area (Å²) in [6, 6.07) is 8.31. The Morgan fingerprint density at radius 3 is 2.74 bits per heavy atom. The topological polar surface area (TPSA) is 29.1 Å². The van der Waals surface area contributed by atoms with Crippen LogP contribution in [0.5, 0.6) is 0 Å². The number of nitrogens with one attached hydrogen (secondary N) is 1. The first kappa shape index (κ1) is 12.9. The molecule has 98 valence electrons. The number of halogens is 1. The number of hydrogen-bond donors (Lipinski definition) is 1. The average Bonchev–Trinajstić information content (AvgIpc) is 2.98. The number of rotatable bonds is 2. The van der Waals surface area contributed by atoms with Gasteiger partial charge in [0.1, 0.15) is 0 Å². The zero-order chi connectivity index (χ0) is 13.6. The van der Waals surface area contributed by atoms with Gasteiger partial charge in [-0.15, -0.1) is 0 Å². The number of hydrogen-bond acceptors (Lipinski definition) is 2. The number of anilines is 1. The van der Waals surface area contributed by atoms with Gasteiger partial charge in [0.25, 0.3) is 0 Å². The van der Waals surface area contributed by atoms with Gasteiger partial charge in [-0.2, -0.15) is 11.3 Å². The van der Waals surface area contributed by atoms with Crippen LogP contribution in [0.3, 0.4) is 0 Å². The number of carbonyl (C=O) groups is 1. The molecular weight excluding hydrogens is 322 g/mol. The van der Waals surface area contributed by atoms with E-state index in [4.69, 9.17) is 0 Å². The molecule has 0 spiro atoms. The molecule has 3 rings (SSSR count). The third kappa shape index (κ3) is 2.03. The second-order valence-corrected chi connectivity index (χ2v) is 7.00. The SMILES string of the molecule is CC1(C)C(=O)Nc2ccc(C(Br)c3ccsc3)cc21. The number of thiophene rings is 1. The minimum Gasteiger partial charge on any atom is -0.325 e. The van der Waals surface area contributed by atoms with Crippen molar-refractivity contribution in [3.8, 4) is 0 Å². The Bertz CT molecular complexity index is 634. The van der Waals surface area contributed by atoms with Crippen molar-refractivity contribution in [3.05, 3.63) is 51.7 Å². The van der Waals surface area contributed by atoms with E-state index in [-0.39, 0.29) is 10.7 Å². The maximum absolute atomic E-state index is 11.9. The van der Waals surface area contributed by atoms with Crippen LogP contribution in [0.1, 0.15) is 35.4 Å². The zero-order valence-corrected chi connectivity index (χ0v) is 13.1. The molecule has 1 unspecified atom stereocenters. The summed E-state index contributed by atoms with van der Waals surface area (Å²) in [5.41, 5.74) is 3.99. The Kier molecular flexibility index (Phi) is 3.02. The number of fused-ring (bicyclic) bond motifs is 1. The highest BCUT2D eigenvalue weighted by Crippen LogP contribution is 2.41. The lowest BCUT2D eigenvalue weighted by atomic mass is 9.85. The summed E-state index contributed by atoms with van der Waals surface area (Å²) in [6.07, 6.45) is 0. The Balaban J connectivity index is 2.04. The van der Waals surface area contributed by atoms with Crippen molar-refractivity contribution in [1.82, 2.24) is 0 Å². The highest BCUT2D eigenvalue weighted by Gasteiger charge is 2.38. The second kappa shape index (κ2) is 4.46. The predicted octanol–water partition coefficient (Wildman–Crippen LogP) is 4.46. The molecule has 0 bridgehead atoms. The first-order chi connectivity index (χ1) is 9.00. The summed E-state index contributed by atoms with van der Waals surface area (Å²) in [7, 11) is 0. The van der Waals surface area contributed by atoms with E-state index in [1.807, 2.05) is 19.9 Å². The molecule has 1 aromatic heterocycles. The number of amides is 1. The van der Waals surface area contributed by atoms with Gasteiger partial charge < -0.3 is 5.32 Å². The normalized spacial score (nSPS) is 17.9. The quantitative estimate of drug-likeness (QED) is 0.806. The molecule has 0 radical (unpaired) electrons. The molecule has 1 aliphatic heterocycles. The minimum absolute atomic E-state index is 0.0707. The Labute approximate surface area is 125 Å². The van der Waals surface area contributed by atoms with E-state index >= 15 is 0 Å². The van der Waals surface area contributed by atoms with Gasteiger partial charge in [0, 0.05) is 5.69 Å². The monoisotopic (exact) mass is 335 g/mol. The fourth-order valence-corrected chi connectivity index (χ4v) is 3.79. The summed E-state index contributed by atoms with van der Waals surface area (Å²) < 4.78 is 0. The minimum atomic E-state index is -0.452. The van der Waals surface area contributed by atoms with Gasteiger partial charge in [-0.3, -0.25) is 4.79 Å². The molecule has 2 heterocycles. The smallest absolute Gasteiger partial charge is 0.234 e. The number of alkyl halides is 1. The largest absolute Gasteiger partial charge is 0.325 e. The molecule has 0 aliphatic carbocycles. The van der Waals surface area contributed by atoms with E-state index < -0.39 is 5.41 Å². The summed E-state index contributed by atoms with van der Waals surface area (Å²) in [5.74, 6) is 0.0707. The van der Waals surface area contributed by atoms with Crippen LogP contribution in [-0.2, 0) is 10.2 Å². The third-order valence-corrected chi connectivity index (χ3v) is 5.42. The fourth-order valence-electron chi connectivity index (χ4n) is 2.36. The van der Waals surface area contributed by atoms with Crippen LogP contribution < -0.4 is 5.32 Å².